The highest BCUT2D eigenvalue weighted by Gasteiger charge is 2.33. The molecule has 1 saturated heterocycles. The quantitative estimate of drug-likeness (QED) is 0.641. The minimum absolute atomic E-state index is 0.0504. The first-order chi connectivity index (χ1) is 14.6. The zero-order chi connectivity index (χ0) is 20.9. The third-order valence-electron chi connectivity index (χ3n) is 5.59. The molecule has 2 aliphatic rings. The molecule has 2 aromatic carbocycles. The van der Waals surface area contributed by atoms with Crippen molar-refractivity contribution in [2.24, 2.45) is 5.10 Å². The van der Waals surface area contributed by atoms with Crippen molar-refractivity contribution in [3.8, 4) is 5.75 Å². The van der Waals surface area contributed by atoms with Gasteiger partial charge in [0, 0.05) is 36.9 Å². The zero-order valence-electron chi connectivity index (χ0n) is 17.1. The van der Waals surface area contributed by atoms with E-state index in [-0.39, 0.29) is 11.9 Å². The smallest absolute Gasteiger partial charge is 0.244 e. The molecule has 1 atom stereocenters. The maximum atomic E-state index is 13.2. The first-order valence-corrected chi connectivity index (χ1v) is 11.0. The summed E-state index contributed by atoms with van der Waals surface area (Å²) < 4.78 is 11.7. The summed E-state index contributed by atoms with van der Waals surface area (Å²) in [6.45, 7) is 3.96. The fourth-order valence-corrected chi connectivity index (χ4v) is 4.10. The minimum atomic E-state index is -0.105. The molecule has 0 saturated carbocycles. The van der Waals surface area contributed by atoms with Crippen molar-refractivity contribution in [3.05, 3.63) is 64.1 Å². The van der Waals surface area contributed by atoms with Crippen LogP contribution in [0.1, 0.15) is 30.0 Å². The summed E-state index contributed by atoms with van der Waals surface area (Å²) in [4.78, 5) is 15.4. The van der Waals surface area contributed by atoms with Crippen LogP contribution in [0, 0.1) is 0 Å². The number of ether oxygens (including phenoxy) is 2. The van der Waals surface area contributed by atoms with Gasteiger partial charge in [-0.1, -0.05) is 40.2 Å². The van der Waals surface area contributed by atoms with Crippen LogP contribution in [0.15, 0.2) is 58.1 Å². The topological polar surface area (TPSA) is 54.4 Å². The van der Waals surface area contributed by atoms with Crippen molar-refractivity contribution >= 4 is 27.5 Å². The summed E-state index contributed by atoms with van der Waals surface area (Å²) in [7, 11) is 1.65. The van der Waals surface area contributed by atoms with Gasteiger partial charge in [-0.3, -0.25) is 9.69 Å². The van der Waals surface area contributed by atoms with Gasteiger partial charge in [0.15, 0.2) is 0 Å². The average Bonchev–Trinajstić information content (AvgIpc) is 3.24. The van der Waals surface area contributed by atoms with Gasteiger partial charge in [0.25, 0.3) is 0 Å². The third kappa shape index (κ3) is 4.91. The van der Waals surface area contributed by atoms with E-state index in [2.05, 4.69) is 20.8 Å². The van der Waals surface area contributed by atoms with E-state index in [1.165, 1.54) is 0 Å². The Balaban J connectivity index is 1.53. The van der Waals surface area contributed by atoms with Gasteiger partial charge in [0.1, 0.15) is 5.75 Å². The molecule has 0 N–H and O–H groups in total. The van der Waals surface area contributed by atoms with Crippen LogP contribution in [0.2, 0.25) is 0 Å². The summed E-state index contributed by atoms with van der Waals surface area (Å²) in [6.07, 6.45) is 1.14. The first-order valence-electron chi connectivity index (χ1n) is 10.2. The number of rotatable bonds is 6. The van der Waals surface area contributed by atoms with Crippen LogP contribution in [0.25, 0.3) is 0 Å². The van der Waals surface area contributed by atoms with Gasteiger partial charge in [-0.05, 0) is 35.4 Å². The molecular weight excluding hydrogens is 446 g/mol. The normalized spacial score (nSPS) is 19.6. The number of halogens is 1. The standard InChI is InChI=1S/C23H26BrN3O3/c1-29-20-8-4-18(5-9-20)22-16-21(17-2-6-19(24)7-3-17)25-27(22)23(28)10-11-26-12-14-30-15-13-26/h2-9,22H,10-16H2,1H3/t22-/m1/s1. The Morgan fingerprint density at radius 3 is 2.50 bits per heavy atom. The number of methoxy groups -OCH3 is 1. The summed E-state index contributed by atoms with van der Waals surface area (Å²) in [5, 5.41) is 6.44. The Bertz CT molecular complexity index is 893. The lowest BCUT2D eigenvalue weighted by molar-refractivity contribution is -0.133. The number of hydrazone groups is 1. The second kappa shape index (κ2) is 9.73. The molecule has 1 fully saturated rings. The van der Waals surface area contributed by atoms with Crippen molar-refractivity contribution in [2.75, 3.05) is 40.0 Å². The monoisotopic (exact) mass is 471 g/mol. The number of hydrogen-bond acceptors (Lipinski definition) is 5. The second-order valence-corrected chi connectivity index (χ2v) is 8.40. The van der Waals surface area contributed by atoms with Gasteiger partial charge in [0.2, 0.25) is 5.91 Å². The van der Waals surface area contributed by atoms with Gasteiger partial charge >= 0.3 is 0 Å². The lowest BCUT2D eigenvalue weighted by Gasteiger charge is -2.27. The molecule has 0 spiro atoms. The largest absolute Gasteiger partial charge is 0.497 e. The average molecular weight is 472 g/mol. The number of nitrogens with zero attached hydrogens (tertiary/aromatic N) is 3. The first kappa shape index (κ1) is 21.0. The summed E-state index contributed by atoms with van der Waals surface area (Å²) in [5.74, 6) is 0.852. The molecule has 6 nitrogen and oxygen atoms in total. The summed E-state index contributed by atoms with van der Waals surface area (Å²) in [6, 6.07) is 15.9. The fraction of sp³-hybridized carbons (Fsp3) is 0.391. The molecule has 0 aromatic heterocycles. The van der Waals surface area contributed by atoms with Gasteiger partial charge in [0.05, 0.1) is 32.1 Å². The van der Waals surface area contributed by atoms with Crippen molar-refractivity contribution in [2.45, 2.75) is 18.9 Å². The Morgan fingerprint density at radius 2 is 1.83 bits per heavy atom. The van der Waals surface area contributed by atoms with Crippen molar-refractivity contribution in [1.29, 1.82) is 0 Å². The predicted octanol–water partition coefficient (Wildman–Crippen LogP) is 3.86. The highest BCUT2D eigenvalue weighted by Crippen LogP contribution is 2.34. The van der Waals surface area contributed by atoms with Crippen molar-refractivity contribution < 1.29 is 14.3 Å². The van der Waals surface area contributed by atoms with E-state index in [4.69, 9.17) is 14.6 Å². The Kier molecular flexibility index (Phi) is 6.82. The molecule has 158 valence electrons. The maximum absolute atomic E-state index is 13.2. The molecule has 7 heteroatoms. The Morgan fingerprint density at radius 1 is 1.13 bits per heavy atom. The van der Waals surface area contributed by atoms with Crippen LogP contribution in [0.5, 0.6) is 5.75 Å². The van der Waals surface area contributed by atoms with Crippen LogP contribution in [-0.2, 0) is 9.53 Å². The fourth-order valence-electron chi connectivity index (χ4n) is 3.84. The van der Waals surface area contributed by atoms with E-state index < -0.39 is 0 Å². The summed E-state index contributed by atoms with van der Waals surface area (Å²) >= 11 is 3.48. The van der Waals surface area contributed by atoms with E-state index in [9.17, 15) is 4.79 Å². The number of amides is 1. The maximum Gasteiger partial charge on any atom is 0.244 e. The molecule has 0 bridgehead atoms. The molecule has 2 aromatic rings. The van der Waals surface area contributed by atoms with Crippen LogP contribution < -0.4 is 4.74 Å². The van der Waals surface area contributed by atoms with E-state index >= 15 is 0 Å². The highest BCUT2D eigenvalue weighted by molar-refractivity contribution is 9.10. The van der Waals surface area contributed by atoms with Crippen LogP contribution in [0.3, 0.4) is 0 Å². The molecule has 0 aliphatic carbocycles. The van der Waals surface area contributed by atoms with Crippen LogP contribution in [0.4, 0.5) is 0 Å². The minimum Gasteiger partial charge on any atom is -0.497 e. The van der Waals surface area contributed by atoms with E-state index in [1.54, 1.807) is 12.1 Å². The predicted molar refractivity (Wildman–Crippen MR) is 120 cm³/mol. The van der Waals surface area contributed by atoms with Crippen LogP contribution in [-0.4, -0.2) is 61.5 Å². The molecule has 30 heavy (non-hydrogen) atoms. The van der Waals surface area contributed by atoms with Gasteiger partial charge < -0.3 is 9.47 Å². The van der Waals surface area contributed by atoms with Crippen molar-refractivity contribution in [3.63, 3.8) is 0 Å². The lowest BCUT2D eigenvalue weighted by atomic mass is 9.98. The number of morpholine rings is 1. The molecule has 4 rings (SSSR count). The number of carbonyl (C=O) groups excluding carboxylic acids is 1. The van der Waals surface area contributed by atoms with Gasteiger partial charge in [-0.2, -0.15) is 5.10 Å². The SMILES string of the molecule is COc1ccc([C@H]2CC(c3ccc(Br)cc3)=NN2C(=O)CCN2CCOCC2)cc1. The molecular formula is C23H26BrN3O3. The van der Waals surface area contributed by atoms with Crippen LogP contribution >= 0.6 is 15.9 Å². The van der Waals surface area contributed by atoms with E-state index in [0.29, 0.717) is 12.8 Å². The van der Waals surface area contributed by atoms with Gasteiger partial charge in [-0.25, -0.2) is 5.01 Å². The molecule has 0 radical (unpaired) electrons. The molecule has 1 amide bonds. The number of benzene rings is 2. The third-order valence-corrected chi connectivity index (χ3v) is 6.12. The van der Waals surface area contributed by atoms with E-state index in [1.807, 2.05) is 48.5 Å². The Labute approximate surface area is 185 Å². The van der Waals surface area contributed by atoms with Gasteiger partial charge in [-0.15, -0.1) is 0 Å². The second-order valence-electron chi connectivity index (χ2n) is 7.49. The molecule has 0 unspecified atom stereocenters. The number of hydrogen-bond donors (Lipinski definition) is 0. The lowest BCUT2D eigenvalue weighted by Crippen LogP contribution is -2.39. The zero-order valence-corrected chi connectivity index (χ0v) is 18.7. The van der Waals surface area contributed by atoms with Crippen molar-refractivity contribution in [1.82, 2.24) is 9.91 Å². The highest BCUT2D eigenvalue weighted by atomic mass is 79.9. The summed E-state index contributed by atoms with van der Waals surface area (Å²) in [5.41, 5.74) is 3.04. The number of carbonyl (C=O) groups is 1. The van der Waals surface area contributed by atoms with E-state index in [0.717, 1.165) is 59.9 Å². The molecule has 2 aliphatic heterocycles. The molecule has 2 heterocycles. The Hall–Kier alpha value is -2.22.